The molecule has 1 amide bonds. The van der Waals surface area contributed by atoms with Crippen LogP contribution in [0.5, 0.6) is 0 Å². The van der Waals surface area contributed by atoms with Gasteiger partial charge in [-0.1, -0.05) is 11.6 Å². The van der Waals surface area contributed by atoms with Gasteiger partial charge in [-0.3, -0.25) is 9.69 Å². The van der Waals surface area contributed by atoms with E-state index in [1.54, 1.807) is 18.6 Å². The molecule has 9 heteroatoms. The summed E-state index contributed by atoms with van der Waals surface area (Å²) in [6.07, 6.45) is 9.10. The van der Waals surface area contributed by atoms with E-state index in [0.29, 0.717) is 24.9 Å². The summed E-state index contributed by atoms with van der Waals surface area (Å²) in [5, 5.41) is 16.1. The van der Waals surface area contributed by atoms with Crippen molar-refractivity contribution in [2.45, 2.75) is 49.7 Å². The number of aliphatic hydroxyl groups excluding tert-OH is 1. The largest absolute Gasteiger partial charge is 0.389 e. The number of halogens is 1. The summed E-state index contributed by atoms with van der Waals surface area (Å²) in [6, 6.07) is 6.05. The van der Waals surface area contributed by atoms with Gasteiger partial charge in [0.05, 0.1) is 24.9 Å². The molecule has 1 saturated carbocycles. The number of aliphatic hydroxyl groups is 1. The van der Waals surface area contributed by atoms with Gasteiger partial charge < -0.3 is 15.2 Å². The van der Waals surface area contributed by atoms with Gasteiger partial charge in [-0.05, 0) is 85.8 Å². The highest BCUT2D eigenvalue weighted by Crippen LogP contribution is 2.47. The lowest BCUT2D eigenvalue weighted by Gasteiger charge is -2.43. The van der Waals surface area contributed by atoms with E-state index in [1.165, 1.54) is 6.33 Å². The van der Waals surface area contributed by atoms with Gasteiger partial charge in [0, 0.05) is 34.9 Å². The quantitative estimate of drug-likeness (QED) is 0.542. The number of benzene rings is 1. The van der Waals surface area contributed by atoms with E-state index in [-0.39, 0.29) is 23.3 Å². The lowest BCUT2D eigenvalue weighted by atomic mass is 9.85. The van der Waals surface area contributed by atoms with Crippen LogP contribution in [0.3, 0.4) is 0 Å². The van der Waals surface area contributed by atoms with Crippen LogP contribution < -0.4 is 5.32 Å². The van der Waals surface area contributed by atoms with Crippen molar-refractivity contribution >= 4 is 34.1 Å². The van der Waals surface area contributed by atoms with Gasteiger partial charge in [0.25, 0.3) is 0 Å². The second-order valence-corrected chi connectivity index (χ2v) is 11.0. The number of anilines is 1. The molecule has 3 aromatic rings. The molecule has 2 unspecified atom stereocenters. The third kappa shape index (κ3) is 4.36. The molecule has 36 heavy (non-hydrogen) atoms. The Hall–Kier alpha value is -2.65. The summed E-state index contributed by atoms with van der Waals surface area (Å²) in [4.78, 5) is 27.7. The molecule has 2 aromatic heterocycles. The summed E-state index contributed by atoms with van der Waals surface area (Å²) in [7, 11) is 0. The minimum Gasteiger partial charge on any atom is -0.389 e. The van der Waals surface area contributed by atoms with Crippen LogP contribution in [0.25, 0.3) is 10.8 Å². The molecule has 3 aliphatic rings. The van der Waals surface area contributed by atoms with Crippen LogP contribution in [0.4, 0.5) is 5.82 Å². The predicted octanol–water partition coefficient (Wildman–Crippen LogP) is 3.75. The van der Waals surface area contributed by atoms with E-state index in [2.05, 4.69) is 38.2 Å². The van der Waals surface area contributed by atoms with Crippen molar-refractivity contribution in [1.82, 2.24) is 19.9 Å². The average Bonchev–Trinajstić information content (AvgIpc) is 3.63. The van der Waals surface area contributed by atoms with Crippen LogP contribution in [0.1, 0.15) is 49.1 Å². The molecule has 1 aliphatic carbocycles. The van der Waals surface area contributed by atoms with Crippen LogP contribution in [-0.2, 0) is 9.53 Å². The molecule has 8 nitrogen and oxygen atoms in total. The Kier molecular flexibility index (Phi) is 6.16. The fourth-order valence-corrected chi connectivity index (χ4v) is 6.12. The number of amides is 1. The molecule has 0 radical (unpaired) electrons. The van der Waals surface area contributed by atoms with Crippen LogP contribution >= 0.6 is 11.6 Å². The molecule has 188 valence electrons. The Balaban J connectivity index is 1.15. The van der Waals surface area contributed by atoms with Crippen molar-refractivity contribution in [3.63, 3.8) is 0 Å². The van der Waals surface area contributed by atoms with Crippen LogP contribution in [0, 0.1) is 5.92 Å². The fourth-order valence-electron chi connectivity index (χ4n) is 5.80. The summed E-state index contributed by atoms with van der Waals surface area (Å²) in [5.74, 6) is 0.956. The number of rotatable bonds is 5. The summed E-state index contributed by atoms with van der Waals surface area (Å²) in [6.45, 7) is 4.85. The second kappa shape index (κ2) is 9.34. The Labute approximate surface area is 215 Å². The number of fused-ring (bicyclic) bond motifs is 1. The first kappa shape index (κ1) is 23.7. The van der Waals surface area contributed by atoms with Gasteiger partial charge in [-0.25, -0.2) is 15.0 Å². The zero-order chi connectivity index (χ0) is 24.9. The van der Waals surface area contributed by atoms with Crippen molar-refractivity contribution in [2.75, 3.05) is 31.6 Å². The van der Waals surface area contributed by atoms with Crippen molar-refractivity contribution in [1.29, 1.82) is 0 Å². The third-order valence-corrected chi connectivity index (χ3v) is 8.60. The number of carbonyl (C=O) groups is 1. The van der Waals surface area contributed by atoms with E-state index >= 15 is 0 Å². The number of pyridine rings is 1. The van der Waals surface area contributed by atoms with E-state index in [4.69, 9.17) is 16.3 Å². The molecular weight excluding hydrogens is 478 g/mol. The highest BCUT2D eigenvalue weighted by atomic mass is 35.5. The number of piperidine rings is 1. The number of ether oxygens (including phenoxy) is 1. The number of nitrogens with zero attached hydrogens (tertiary/aromatic N) is 4. The zero-order valence-corrected chi connectivity index (χ0v) is 21.0. The molecule has 4 atom stereocenters. The second-order valence-electron chi connectivity index (χ2n) is 10.5. The lowest BCUT2D eigenvalue weighted by molar-refractivity contribution is -0.117. The number of carbonyl (C=O) groups excluding carboxylic acids is 1. The summed E-state index contributed by atoms with van der Waals surface area (Å²) in [5.41, 5.74) is 1.82. The maximum atomic E-state index is 12.8. The first-order valence-corrected chi connectivity index (χ1v) is 13.0. The van der Waals surface area contributed by atoms with E-state index < -0.39 is 6.10 Å². The Morgan fingerprint density at radius 2 is 1.94 bits per heavy atom. The molecule has 4 heterocycles. The maximum Gasteiger partial charge on any atom is 0.229 e. The van der Waals surface area contributed by atoms with Gasteiger partial charge in [-0.15, -0.1) is 0 Å². The van der Waals surface area contributed by atoms with Crippen molar-refractivity contribution in [3.05, 3.63) is 59.3 Å². The first-order chi connectivity index (χ1) is 17.4. The standard InChI is InChI=1S/C27H30ClN5O3/c1-27(14-36-13-24(27)34)33-4-2-16(3-5-33)21-6-17-8-25(31-12-18(17)7-23(21)28)32-26(35)22-9-20(22)19-10-29-15-30-11-19/h6-8,10-12,15-16,20,22,24,34H,2-5,9,13-14H2,1H3,(H,31,32,35)/t20?,22?,24-,27+/m1/s1. The lowest BCUT2D eigenvalue weighted by Crippen LogP contribution is -2.56. The van der Waals surface area contributed by atoms with E-state index in [0.717, 1.165) is 59.3 Å². The maximum absolute atomic E-state index is 12.8. The monoisotopic (exact) mass is 507 g/mol. The topological polar surface area (TPSA) is 100 Å². The van der Waals surface area contributed by atoms with Gasteiger partial charge in [0.15, 0.2) is 0 Å². The highest BCUT2D eigenvalue weighted by molar-refractivity contribution is 6.32. The molecule has 2 aliphatic heterocycles. The molecule has 3 fully saturated rings. The number of nitrogens with one attached hydrogen (secondary N) is 1. The number of aromatic nitrogens is 3. The molecule has 2 N–H and O–H groups in total. The zero-order valence-electron chi connectivity index (χ0n) is 20.2. The van der Waals surface area contributed by atoms with Crippen molar-refractivity contribution in [2.24, 2.45) is 5.92 Å². The number of hydrogen-bond acceptors (Lipinski definition) is 7. The number of likely N-dealkylation sites (tertiary alicyclic amines) is 1. The van der Waals surface area contributed by atoms with Crippen LogP contribution in [0.15, 0.2) is 43.1 Å². The summed E-state index contributed by atoms with van der Waals surface area (Å²) < 4.78 is 5.54. The summed E-state index contributed by atoms with van der Waals surface area (Å²) >= 11 is 6.72. The van der Waals surface area contributed by atoms with Gasteiger partial charge in [-0.2, -0.15) is 0 Å². The van der Waals surface area contributed by atoms with Gasteiger partial charge in [0.2, 0.25) is 5.91 Å². The molecule has 1 aromatic carbocycles. The van der Waals surface area contributed by atoms with E-state index in [1.807, 2.05) is 12.1 Å². The van der Waals surface area contributed by atoms with Gasteiger partial charge >= 0.3 is 0 Å². The first-order valence-electron chi connectivity index (χ1n) is 12.6. The normalized spacial score (nSPS) is 28.9. The molecular formula is C27H30ClN5O3. The minimum absolute atomic E-state index is 0.0242. The Morgan fingerprint density at radius 3 is 2.67 bits per heavy atom. The SMILES string of the molecule is C[C@]1(N2CCC(c3cc4cc(NC(=O)C5CC5c5cncnc5)ncc4cc3Cl)CC2)COC[C@H]1O. The van der Waals surface area contributed by atoms with Gasteiger partial charge in [0.1, 0.15) is 12.1 Å². The smallest absolute Gasteiger partial charge is 0.229 e. The molecule has 2 saturated heterocycles. The van der Waals surface area contributed by atoms with E-state index in [9.17, 15) is 9.90 Å². The molecule has 6 rings (SSSR count). The fraction of sp³-hybridized carbons (Fsp3) is 0.481. The van der Waals surface area contributed by atoms with Crippen LogP contribution in [0.2, 0.25) is 5.02 Å². The predicted molar refractivity (Wildman–Crippen MR) is 137 cm³/mol. The average molecular weight is 508 g/mol. The number of hydrogen-bond donors (Lipinski definition) is 2. The minimum atomic E-state index is -0.452. The third-order valence-electron chi connectivity index (χ3n) is 8.27. The van der Waals surface area contributed by atoms with Crippen molar-refractivity contribution in [3.8, 4) is 0 Å². The Morgan fingerprint density at radius 1 is 1.17 bits per heavy atom. The van der Waals surface area contributed by atoms with Crippen LogP contribution in [-0.4, -0.2) is 68.8 Å². The molecule has 0 spiro atoms. The molecule has 0 bridgehead atoms. The van der Waals surface area contributed by atoms with Crippen molar-refractivity contribution < 1.29 is 14.6 Å². The highest BCUT2D eigenvalue weighted by Gasteiger charge is 2.45. The Bertz CT molecular complexity index is 1280.